The zero-order chi connectivity index (χ0) is 19.2. The van der Waals surface area contributed by atoms with Gasteiger partial charge in [-0.1, -0.05) is 66.3 Å². The molecule has 0 saturated heterocycles. The highest BCUT2D eigenvalue weighted by Gasteiger charge is 2.23. The van der Waals surface area contributed by atoms with Gasteiger partial charge in [0.1, 0.15) is 0 Å². The van der Waals surface area contributed by atoms with E-state index in [1.54, 1.807) is 0 Å². The largest absolute Gasteiger partial charge is 0.341 e. The molecule has 5 nitrogen and oxygen atoms in total. The molecule has 3 aromatic rings. The van der Waals surface area contributed by atoms with Crippen molar-refractivity contribution in [2.45, 2.75) is 17.6 Å². The predicted octanol–water partition coefficient (Wildman–Crippen LogP) is 4.44. The van der Waals surface area contributed by atoms with Crippen LogP contribution in [-0.4, -0.2) is 26.4 Å². The van der Waals surface area contributed by atoms with Gasteiger partial charge in [0.15, 0.2) is 11.0 Å². The maximum atomic E-state index is 12.6. The van der Waals surface area contributed by atoms with Crippen LogP contribution in [0.15, 0.2) is 64.6 Å². The Labute approximate surface area is 171 Å². The van der Waals surface area contributed by atoms with Crippen molar-refractivity contribution in [3.8, 4) is 0 Å². The number of amides is 1. The van der Waals surface area contributed by atoms with E-state index in [1.165, 1.54) is 23.1 Å². The lowest BCUT2D eigenvalue weighted by molar-refractivity contribution is 0.0938. The predicted molar refractivity (Wildman–Crippen MR) is 111 cm³/mol. The van der Waals surface area contributed by atoms with Crippen LogP contribution in [0.1, 0.15) is 27.1 Å². The molecule has 2 aromatic heterocycles. The Bertz CT molecular complexity index is 909. The molecule has 1 aromatic carbocycles. The maximum Gasteiger partial charge on any atom is 0.261 e. The lowest BCUT2D eigenvalue weighted by Gasteiger charge is -2.18. The Balaban J connectivity index is 1.85. The summed E-state index contributed by atoms with van der Waals surface area (Å²) < 4.78 is 1.90. The Morgan fingerprint density at radius 1 is 1.30 bits per heavy atom. The van der Waals surface area contributed by atoms with Crippen LogP contribution in [0.2, 0.25) is 0 Å². The molecule has 27 heavy (non-hydrogen) atoms. The molecule has 1 amide bonds. The van der Waals surface area contributed by atoms with E-state index in [1.807, 2.05) is 59.5 Å². The van der Waals surface area contributed by atoms with Crippen LogP contribution in [0.25, 0.3) is 0 Å². The Kier molecular flexibility index (Phi) is 6.71. The van der Waals surface area contributed by atoms with E-state index in [0.717, 1.165) is 10.7 Å². The summed E-state index contributed by atoms with van der Waals surface area (Å²) in [6.07, 6.45) is 0.622. The molecule has 2 heterocycles. The van der Waals surface area contributed by atoms with Crippen molar-refractivity contribution >= 4 is 40.6 Å². The molecular formula is C19H19ClN4OS2. The third-order valence-electron chi connectivity index (χ3n) is 3.87. The smallest absolute Gasteiger partial charge is 0.261 e. The second kappa shape index (κ2) is 9.21. The molecule has 0 spiro atoms. The van der Waals surface area contributed by atoms with Crippen LogP contribution in [0, 0.1) is 0 Å². The minimum Gasteiger partial charge on any atom is -0.341 e. The number of hydrogen-bond donors (Lipinski definition) is 1. The molecule has 0 radical (unpaired) electrons. The van der Waals surface area contributed by atoms with Crippen LogP contribution < -0.4 is 5.32 Å². The second-order valence-electron chi connectivity index (χ2n) is 5.90. The number of halogens is 1. The molecule has 0 unspecified atom stereocenters. The number of nitrogens with one attached hydrogen (secondary N) is 1. The molecule has 140 valence electrons. The van der Waals surface area contributed by atoms with Crippen LogP contribution in [0.3, 0.4) is 0 Å². The van der Waals surface area contributed by atoms with E-state index in [2.05, 4.69) is 22.1 Å². The van der Waals surface area contributed by atoms with E-state index in [-0.39, 0.29) is 11.9 Å². The van der Waals surface area contributed by atoms with Gasteiger partial charge in [-0.05, 0) is 23.4 Å². The fourth-order valence-electron chi connectivity index (χ4n) is 2.59. The summed E-state index contributed by atoms with van der Waals surface area (Å²) in [5, 5.41) is 14.8. The van der Waals surface area contributed by atoms with Gasteiger partial charge in [0.25, 0.3) is 5.91 Å². The molecule has 0 fully saturated rings. The van der Waals surface area contributed by atoms with E-state index in [4.69, 9.17) is 11.6 Å². The van der Waals surface area contributed by atoms with Crippen molar-refractivity contribution in [1.82, 2.24) is 20.1 Å². The molecule has 8 heteroatoms. The number of carbonyl (C=O) groups is 1. The first-order valence-corrected chi connectivity index (χ1v) is 10.5. The molecule has 0 aliphatic carbocycles. The number of hydrogen-bond acceptors (Lipinski definition) is 5. The van der Waals surface area contributed by atoms with E-state index in [0.29, 0.717) is 27.9 Å². The third kappa shape index (κ3) is 5.22. The second-order valence-corrected chi connectivity index (χ2v) is 8.32. The van der Waals surface area contributed by atoms with Gasteiger partial charge in [-0.3, -0.25) is 4.79 Å². The zero-order valence-corrected chi connectivity index (χ0v) is 17.2. The molecule has 0 saturated carbocycles. The molecule has 0 aliphatic heterocycles. The summed E-state index contributed by atoms with van der Waals surface area (Å²) in [5.41, 5.74) is 1.11. The average Bonchev–Trinajstić information content (AvgIpc) is 3.30. The SMILES string of the molecule is C=C(Cl)CSc1nnc([C@H](Cc2ccccc2)NC(=O)c2cccs2)n1C. The van der Waals surface area contributed by atoms with Crippen LogP contribution in [0.5, 0.6) is 0 Å². The molecule has 3 rings (SSSR count). The summed E-state index contributed by atoms with van der Waals surface area (Å²) in [5.74, 6) is 1.14. The zero-order valence-electron chi connectivity index (χ0n) is 14.8. The topological polar surface area (TPSA) is 59.8 Å². The first-order valence-electron chi connectivity index (χ1n) is 8.28. The highest BCUT2D eigenvalue weighted by molar-refractivity contribution is 7.99. The number of aromatic nitrogens is 3. The number of rotatable bonds is 8. The van der Waals surface area contributed by atoms with Crippen molar-refractivity contribution in [2.24, 2.45) is 7.05 Å². The van der Waals surface area contributed by atoms with Gasteiger partial charge in [0.05, 0.1) is 10.9 Å². The maximum absolute atomic E-state index is 12.6. The molecular weight excluding hydrogens is 400 g/mol. The van der Waals surface area contributed by atoms with Crippen LogP contribution in [0.4, 0.5) is 0 Å². The molecule has 1 atom stereocenters. The fourth-order valence-corrected chi connectivity index (χ4v) is 4.05. The highest BCUT2D eigenvalue weighted by Crippen LogP contribution is 2.24. The Morgan fingerprint density at radius 3 is 2.74 bits per heavy atom. The molecule has 1 N–H and O–H groups in total. The van der Waals surface area contributed by atoms with Crippen molar-refractivity contribution in [3.63, 3.8) is 0 Å². The molecule has 0 bridgehead atoms. The van der Waals surface area contributed by atoms with Gasteiger partial charge >= 0.3 is 0 Å². The number of thiophene rings is 1. The summed E-state index contributed by atoms with van der Waals surface area (Å²) in [6.45, 7) is 3.70. The Morgan fingerprint density at radius 2 is 2.07 bits per heavy atom. The average molecular weight is 419 g/mol. The Hall–Kier alpha value is -2.09. The first kappa shape index (κ1) is 19.7. The van der Waals surface area contributed by atoms with Crippen molar-refractivity contribution in [3.05, 3.63) is 75.7 Å². The number of nitrogens with zero attached hydrogens (tertiary/aromatic N) is 3. The van der Waals surface area contributed by atoms with Crippen LogP contribution >= 0.6 is 34.7 Å². The summed E-state index contributed by atoms with van der Waals surface area (Å²) in [4.78, 5) is 13.3. The van der Waals surface area contributed by atoms with Gasteiger partial charge in [0.2, 0.25) is 0 Å². The van der Waals surface area contributed by atoms with Gasteiger partial charge in [0, 0.05) is 17.8 Å². The normalized spacial score (nSPS) is 11.9. The first-order chi connectivity index (χ1) is 13.0. The monoisotopic (exact) mass is 418 g/mol. The summed E-state index contributed by atoms with van der Waals surface area (Å²) in [7, 11) is 1.89. The van der Waals surface area contributed by atoms with Gasteiger partial charge < -0.3 is 9.88 Å². The minimum absolute atomic E-state index is 0.114. The van der Waals surface area contributed by atoms with Crippen molar-refractivity contribution < 1.29 is 4.79 Å². The lowest BCUT2D eigenvalue weighted by atomic mass is 10.1. The number of carbonyl (C=O) groups excluding carboxylic acids is 1. The van der Waals surface area contributed by atoms with Crippen molar-refractivity contribution in [1.29, 1.82) is 0 Å². The quantitative estimate of drug-likeness (QED) is 0.549. The third-order valence-corrected chi connectivity index (χ3v) is 6.14. The van der Waals surface area contributed by atoms with Gasteiger partial charge in [-0.25, -0.2) is 0 Å². The standard InChI is InChI=1S/C19H19ClN4OS2/c1-13(20)12-27-19-23-22-17(24(19)2)15(11-14-7-4-3-5-8-14)21-18(25)16-9-6-10-26-16/h3-10,15H,1,11-12H2,2H3,(H,21,25)/t15-/m0/s1. The van der Waals surface area contributed by atoms with Crippen molar-refractivity contribution in [2.75, 3.05) is 5.75 Å². The van der Waals surface area contributed by atoms with Crippen LogP contribution in [-0.2, 0) is 13.5 Å². The number of benzene rings is 1. The van der Waals surface area contributed by atoms with E-state index < -0.39 is 0 Å². The van der Waals surface area contributed by atoms with E-state index >= 15 is 0 Å². The number of thioether (sulfide) groups is 1. The fraction of sp³-hybridized carbons (Fsp3) is 0.211. The molecule has 0 aliphatic rings. The summed E-state index contributed by atoms with van der Waals surface area (Å²) >= 11 is 8.73. The van der Waals surface area contributed by atoms with E-state index in [9.17, 15) is 4.79 Å². The van der Waals surface area contributed by atoms with Gasteiger partial charge in [-0.2, -0.15) is 0 Å². The minimum atomic E-state index is -0.298. The lowest BCUT2D eigenvalue weighted by Crippen LogP contribution is -2.31. The highest BCUT2D eigenvalue weighted by atomic mass is 35.5. The van der Waals surface area contributed by atoms with Gasteiger partial charge in [-0.15, -0.1) is 21.5 Å². The summed E-state index contributed by atoms with van der Waals surface area (Å²) in [6, 6.07) is 13.4.